The van der Waals surface area contributed by atoms with Crippen LogP contribution in [0.2, 0.25) is 0 Å². The summed E-state index contributed by atoms with van der Waals surface area (Å²) in [6, 6.07) is 7.56. The summed E-state index contributed by atoms with van der Waals surface area (Å²) in [5, 5.41) is 0. The third-order valence-electron chi connectivity index (χ3n) is 3.06. The molecule has 0 radical (unpaired) electrons. The first-order chi connectivity index (χ1) is 10.1. The van der Waals surface area contributed by atoms with Gasteiger partial charge in [-0.25, -0.2) is 9.97 Å². The van der Waals surface area contributed by atoms with Crippen LogP contribution in [0.1, 0.15) is 5.69 Å². The minimum absolute atomic E-state index is 0. The van der Waals surface area contributed by atoms with Gasteiger partial charge in [-0.3, -0.25) is 0 Å². The maximum atomic E-state index is 5.71. The summed E-state index contributed by atoms with van der Waals surface area (Å²) < 4.78 is 10.6. The molecule has 2 rings (SSSR count). The number of rotatable bonds is 5. The van der Waals surface area contributed by atoms with Crippen molar-refractivity contribution in [3.05, 3.63) is 30.0 Å². The van der Waals surface area contributed by atoms with Crippen LogP contribution in [0.25, 0.3) is 11.3 Å². The average molecular weight is 325 g/mol. The maximum absolute atomic E-state index is 5.71. The largest absolute Gasteiger partial charge is 0.493 e. The number of benzene rings is 1. The van der Waals surface area contributed by atoms with E-state index in [4.69, 9.17) is 15.2 Å². The van der Waals surface area contributed by atoms with E-state index >= 15 is 0 Å². The molecule has 0 fully saturated rings. The van der Waals surface area contributed by atoms with E-state index in [0.29, 0.717) is 24.0 Å². The zero-order valence-corrected chi connectivity index (χ0v) is 14.0. The van der Waals surface area contributed by atoms with E-state index in [-0.39, 0.29) is 12.4 Å². The molecule has 1 aromatic carbocycles. The van der Waals surface area contributed by atoms with Crippen LogP contribution in [0.4, 0.5) is 5.95 Å². The highest BCUT2D eigenvalue weighted by atomic mass is 35.5. The van der Waals surface area contributed by atoms with Crippen LogP contribution in [0.15, 0.2) is 24.3 Å². The van der Waals surface area contributed by atoms with Crippen LogP contribution in [0.5, 0.6) is 11.5 Å². The van der Waals surface area contributed by atoms with E-state index in [0.717, 1.165) is 17.0 Å². The van der Waals surface area contributed by atoms with E-state index in [1.807, 2.05) is 43.3 Å². The van der Waals surface area contributed by atoms with Crippen molar-refractivity contribution in [3.63, 3.8) is 0 Å². The Kier molecular flexibility index (Phi) is 6.39. The molecular formula is C15H21ClN4O2. The first-order valence-corrected chi connectivity index (χ1v) is 6.56. The van der Waals surface area contributed by atoms with Crippen molar-refractivity contribution in [2.24, 2.45) is 5.73 Å². The highest BCUT2D eigenvalue weighted by Crippen LogP contribution is 2.32. The van der Waals surface area contributed by atoms with Gasteiger partial charge in [-0.1, -0.05) is 0 Å². The molecule has 0 atom stereocenters. The Hall–Kier alpha value is -2.05. The molecule has 1 aromatic heterocycles. The number of hydrogen-bond donors (Lipinski definition) is 1. The standard InChI is InChI=1S/C15H20N4O2.ClH/c1-19(2)15-17-11(9-16)8-12(18-15)10-5-6-13(20-3)14(7-10)21-4;/h5-8H,9,16H2,1-4H3;1H. The fraction of sp³-hybridized carbons (Fsp3) is 0.333. The van der Waals surface area contributed by atoms with Crippen molar-refractivity contribution in [1.29, 1.82) is 0 Å². The Balaban J connectivity index is 0.00000242. The van der Waals surface area contributed by atoms with Gasteiger partial charge in [0.05, 0.1) is 25.6 Å². The zero-order valence-electron chi connectivity index (χ0n) is 13.2. The van der Waals surface area contributed by atoms with Gasteiger partial charge >= 0.3 is 0 Å². The van der Waals surface area contributed by atoms with Gasteiger partial charge < -0.3 is 20.1 Å². The summed E-state index contributed by atoms with van der Waals surface area (Å²) in [6.45, 7) is 0.365. The number of halogens is 1. The SMILES string of the molecule is COc1ccc(-c2cc(CN)nc(N(C)C)n2)cc1OC.Cl. The molecule has 0 spiro atoms. The second kappa shape index (κ2) is 7.82. The minimum atomic E-state index is 0. The highest BCUT2D eigenvalue weighted by Gasteiger charge is 2.10. The summed E-state index contributed by atoms with van der Waals surface area (Å²) in [6.07, 6.45) is 0. The lowest BCUT2D eigenvalue weighted by atomic mass is 10.1. The molecule has 7 heteroatoms. The molecule has 0 aliphatic heterocycles. The predicted octanol–water partition coefficient (Wildman–Crippen LogP) is 2.11. The lowest BCUT2D eigenvalue weighted by molar-refractivity contribution is 0.355. The number of ether oxygens (including phenoxy) is 2. The smallest absolute Gasteiger partial charge is 0.225 e. The lowest BCUT2D eigenvalue weighted by Gasteiger charge is -2.14. The molecular weight excluding hydrogens is 304 g/mol. The second-order valence-corrected chi connectivity index (χ2v) is 4.71. The van der Waals surface area contributed by atoms with Gasteiger partial charge in [0.2, 0.25) is 5.95 Å². The Labute approximate surface area is 136 Å². The first kappa shape index (κ1) is 18.0. The summed E-state index contributed by atoms with van der Waals surface area (Å²) >= 11 is 0. The number of aromatic nitrogens is 2. The molecule has 120 valence electrons. The van der Waals surface area contributed by atoms with Gasteiger partial charge in [0.25, 0.3) is 0 Å². The third kappa shape index (κ3) is 3.78. The molecule has 2 aromatic rings. The van der Waals surface area contributed by atoms with E-state index in [9.17, 15) is 0 Å². The normalized spacial score (nSPS) is 9.86. The van der Waals surface area contributed by atoms with Crippen LogP contribution < -0.4 is 20.1 Å². The predicted molar refractivity (Wildman–Crippen MR) is 90.0 cm³/mol. The van der Waals surface area contributed by atoms with Gasteiger partial charge in [0, 0.05) is 26.2 Å². The van der Waals surface area contributed by atoms with E-state index < -0.39 is 0 Å². The summed E-state index contributed by atoms with van der Waals surface area (Å²) in [7, 11) is 7.01. The Morgan fingerprint density at radius 3 is 2.27 bits per heavy atom. The molecule has 1 heterocycles. The molecule has 0 amide bonds. The third-order valence-corrected chi connectivity index (χ3v) is 3.06. The number of nitrogens with zero attached hydrogens (tertiary/aromatic N) is 3. The van der Waals surface area contributed by atoms with Crippen LogP contribution in [0.3, 0.4) is 0 Å². The summed E-state index contributed by atoms with van der Waals surface area (Å²) in [5.74, 6) is 1.97. The number of methoxy groups -OCH3 is 2. The average Bonchev–Trinajstić information content (AvgIpc) is 2.53. The molecule has 0 bridgehead atoms. The highest BCUT2D eigenvalue weighted by molar-refractivity contribution is 5.85. The summed E-state index contributed by atoms with van der Waals surface area (Å²) in [5.41, 5.74) is 8.23. The molecule has 0 saturated carbocycles. The second-order valence-electron chi connectivity index (χ2n) is 4.71. The number of anilines is 1. The van der Waals surface area contributed by atoms with Crippen molar-refractivity contribution in [2.75, 3.05) is 33.2 Å². The number of nitrogens with two attached hydrogens (primary N) is 1. The van der Waals surface area contributed by atoms with Crippen LogP contribution >= 0.6 is 12.4 Å². The Morgan fingerprint density at radius 2 is 1.73 bits per heavy atom. The van der Waals surface area contributed by atoms with Crippen molar-refractivity contribution in [1.82, 2.24) is 9.97 Å². The Morgan fingerprint density at radius 1 is 1.05 bits per heavy atom. The molecule has 0 aliphatic carbocycles. The molecule has 0 saturated heterocycles. The van der Waals surface area contributed by atoms with Crippen molar-refractivity contribution >= 4 is 18.4 Å². The van der Waals surface area contributed by atoms with Gasteiger partial charge in [0.1, 0.15) is 0 Å². The number of hydrogen-bond acceptors (Lipinski definition) is 6. The monoisotopic (exact) mass is 324 g/mol. The molecule has 6 nitrogen and oxygen atoms in total. The van der Waals surface area contributed by atoms with E-state index in [2.05, 4.69) is 9.97 Å². The van der Waals surface area contributed by atoms with Gasteiger partial charge in [-0.15, -0.1) is 12.4 Å². The Bertz CT molecular complexity index is 635. The summed E-state index contributed by atoms with van der Waals surface area (Å²) in [4.78, 5) is 10.8. The lowest BCUT2D eigenvalue weighted by Crippen LogP contribution is -2.15. The fourth-order valence-electron chi connectivity index (χ4n) is 1.93. The van der Waals surface area contributed by atoms with Crippen LogP contribution in [-0.2, 0) is 6.54 Å². The molecule has 22 heavy (non-hydrogen) atoms. The molecule has 0 unspecified atom stereocenters. The van der Waals surface area contributed by atoms with Crippen LogP contribution in [-0.4, -0.2) is 38.3 Å². The van der Waals surface area contributed by atoms with E-state index in [1.54, 1.807) is 14.2 Å². The van der Waals surface area contributed by atoms with Crippen LogP contribution in [0, 0.1) is 0 Å². The molecule has 2 N–H and O–H groups in total. The van der Waals surface area contributed by atoms with Crippen molar-refractivity contribution < 1.29 is 9.47 Å². The van der Waals surface area contributed by atoms with Crippen molar-refractivity contribution in [3.8, 4) is 22.8 Å². The van der Waals surface area contributed by atoms with Gasteiger partial charge in [-0.2, -0.15) is 0 Å². The van der Waals surface area contributed by atoms with Gasteiger partial charge in [0.15, 0.2) is 11.5 Å². The molecule has 0 aliphatic rings. The maximum Gasteiger partial charge on any atom is 0.225 e. The van der Waals surface area contributed by atoms with Crippen molar-refractivity contribution in [2.45, 2.75) is 6.54 Å². The van der Waals surface area contributed by atoms with E-state index in [1.165, 1.54) is 0 Å². The topological polar surface area (TPSA) is 73.5 Å². The first-order valence-electron chi connectivity index (χ1n) is 6.56. The fourth-order valence-corrected chi connectivity index (χ4v) is 1.93. The zero-order chi connectivity index (χ0) is 15.4. The quantitative estimate of drug-likeness (QED) is 0.908. The van der Waals surface area contributed by atoms with Gasteiger partial charge in [-0.05, 0) is 24.3 Å². The minimum Gasteiger partial charge on any atom is -0.493 e.